The minimum atomic E-state index is 0.459. The van der Waals surface area contributed by atoms with E-state index in [4.69, 9.17) is 19.4 Å². The zero-order chi connectivity index (χ0) is 30.4. The lowest BCUT2D eigenvalue weighted by Crippen LogP contribution is -2.68. The van der Waals surface area contributed by atoms with Crippen LogP contribution in [0.5, 0.6) is 11.6 Å². The van der Waals surface area contributed by atoms with Crippen molar-refractivity contribution in [2.75, 3.05) is 64.4 Å². The van der Waals surface area contributed by atoms with Crippen molar-refractivity contribution in [2.45, 2.75) is 37.9 Å². The summed E-state index contributed by atoms with van der Waals surface area (Å²) >= 11 is 0. The van der Waals surface area contributed by atoms with Gasteiger partial charge in [0.05, 0.1) is 48.7 Å². The summed E-state index contributed by atoms with van der Waals surface area (Å²) in [5, 5.41) is 17.8. The first-order chi connectivity index (χ1) is 22.1. The van der Waals surface area contributed by atoms with Gasteiger partial charge in [-0.15, -0.1) is 0 Å². The van der Waals surface area contributed by atoms with Crippen LogP contribution in [0.1, 0.15) is 30.4 Å². The van der Waals surface area contributed by atoms with Crippen LogP contribution in [0.3, 0.4) is 0 Å². The third kappa shape index (κ3) is 5.35. The highest BCUT2D eigenvalue weighted by atomic mass is 16.5. The van der Waals surface area contributed by atoms with Crippen LogP contribution in [0.4, 0.5) is 5.82 Å². The second-order valence-corrected chi connectivity index (χ2v) is 13.0. The second-order valence-electron chi connectivity index (χ2n) is 13.0. The van der Waals surface area contributed by atoms with Crippen LogP contribution in [0.25, 0.3) is 16.8 Å². The Morgan fingerprint density at radius 3 is 2.69 bits per heavy atom. The summed E-state index contributed by atoms with van der Waals surface area (Å²) in [6.07, 6.45) is 12.8. The van der Waals surface area contributed by atoms with Crippen molar-refractivity contribution in [2.24, 2.45) is 5.41 Å². The molecule has 0 amide bonds. The number of piperidine rings is 2. The van der Waals surface area contributed by atoms with Crippen molar-refractivity contribution in [3.63, 3.8) is 0 Å². The Hall–Kier alpha value is -4.31. The van der Waals surface area contributed by atoms with Gasteiger partial charge in [-0.2, -0.15) is 10.4 Å². The molecule has 12 heteroatoms. The molecule has 5 saturated heterocycles. The molecule has 0 aliphatic carbocycles. The normalized spacial score (nSPS) is 22.5. The largest absolute Gasteiger partial charge is 0.491 e. The number of likely N-dealkylation sites (tertiary alicyclic amines) is 1. The minimum Gasteiger partial charge on any atom is -0.491 e. The van der Waals surface area contributed by atoms with Gasteiger partial charge in [-0.05, 0) is 37.4 Å². The molecule has 4 aromatic heterocycles. The Morgan fingerprint density at radius 2 is 1.98 bits per heavy atom. The van der Waals surface area contributed by atoms with Gasteiger partial charge in [-0.3, -0.25) is 14.8 Å². The van der Waals surface area contributed by atoms with Crippen LogP contribution in [-0.2, 0) is 6.54 Å². The quantitative estimate of drug-likeness (QED) is 0.303. The maximum Gasteiger partial charge on any atom is 0.212 e. The Bertz CT molecular complexity index is 1690. The lowest BCUT2D eigenvalue weighted by molar-refractivity contribution is -0.0233. The molecule has 4 aromatic rings. The summed E-state index contributed by atoms with van der Waals surface area (Å²) in [5.74, 6) is 2.21. The van der Waals surface area contributed by atoms with E-state index in [-0.39, 0.29) is 0 Å². The summed E-state index contributed by atoms with van der Waals surface area (Å²) in [6, 6.07) is 9.21. The van der Waals surface area contributed by atoms with Gasteiger partial charge in [0, 0.05) is 81.1 Å². The summed E-state index contributed by atoms with van der Waals surface area (Å²) in [7, 11) is 1.64. The van der Waals surface area contributed by atoms with Crippen molar-refractivity contribution >= 4 is 11.3 Å². The summed E-state index contributed by atoms with van der Waals surface area (Å²) < 4.78 is 13.1. The first-order valence-electron chi connectivity index (χ1n) is 15.9. The topological polar surface area (TPSA) is 120 Å². The average molecular weight is 607 g/mol. The Balaban J connectivity index is 0.933. The van der Waals surface area contributed by atoms with Crippen molar-refractivity contribution < 1.29 is 9.47 Å². The molecule has 232 valence electrons. The van der Waals surface area contributed by atoms with Crippen LogP contribution in [0.2, 0.25) is 0 Å². The van der Waals surface area contributed by atoms with E-state index in [0.29, 0.717) is 52.5 Å². The highest BCUT2D eigenvalue weighted by Gasteiger charge is 2.45. The molecule has 5 aliphatic heterocycles. The molecule has 12 nitrogen and oxygen atoms in total. The van der Waals surface area contributed by atoms with Gasteiger partial charge < -0.3 is 19.7 Å². The van der Waals surface area contributed by atoms with Crippen molar-refractivity contribution in [3.8, 4) is 29.0 Å². The number of ether oxygens (including phenoxy) is 2. The predicted molar refractivity (Wildman–Crippen MR) is 168 cm³/mol. The summed E-state index contributed by atoms with van der Waals surface area (Å²) in [4.78, 5) is 21.4. The van der Waals surface area contributed by atoms with Gasteiger partial charge in [0.15, 0.2) is 0 Å². The molecule has 5 aliphatic rings. The molecule has 2 bridgehead atoms. The molecular formula is C33H38N10O2. The summed E-state index contributed by atoms with van der Waals surface area (Å²) in [6.45, 7) is 8.74. The number of hydrogen-bond donors (Lipinski definition) is 1. The van der Waals surface area contributed by atoms with E-state index < -0.39 is 0 Å². The van der Waals surface area contributed by atoms with Crippen LogP contribution >= 0.6 is 0 Å². The third-order valence-electron chi connectivity index (χ3n) is 10.0. The fourth-order valence-corrected chi connectivity index (χ4v) is 7.70. The molecule has 0 aromatic carbocycles. The highest BCUT2D eigenvalue weighted by Crippen LogP contribution is 2.37. The maximum atomic E-state index is 9.79. The van der Waals surface area contributed by atoms with E-state index in [1.54, 1.807) is 24.0 Å². The number of aromatic nitrogens is 5. The molecule has 0 saturated carbocycles. The first kappa shape index (κ1) is 28.2. The van der Waals surface area contributed by atoms with E-state index >= 15 is 0 Å². The molecule has 2 atom stereocenters. The zero-order valence-electron chi connectivity index (χ0n) is 25.6. The molecule has 1 spiro atoms. The van der Waals surface area contributed by atoms with Gasteiger partial charge in [-0.1, -0.05) is 6.07 Å². The fraction of sp³-hybridized carbons (Fsp3) is 0.485. The number of piperazine rings is 1. The zero-order valence-corrected chi connectivity index (χ0v) is 25.6. The first-order valence-corrected chi connectivity index (χ1v) is 15.9. The van der Waals surface area contributed by atoms with Crippen molar-refractivity contribution in [3.05, 3.63) is 60.3 Å². The summed E-state index contributed by atoms with van der Waals surface area (Å²) in [5.41, 5.74) is 4.35. The van der Waals surface area contributed by atoms with Crippen LogP contribution in [0.15, 0.2) is 49.2 Å². The van der Waals surface area contributed by atoms with E-state index in [0.717, 1.165) is 63.7 Å². The second kappa shape index (κ2) is 11.6. The number of nitrogens with one attached hydrogen (secondary N) is 1. The fourth-order valence-electron chi connectivity index (χ4n) is 7.70. The van der Waals surface area contributed by atoms with Gasteiger partial charge in [0.2, 0.25) is 5.88 Å². The molecule has 9 heterocycles. The number of pyridine rings is 2. The van der Waals surface area contributed by atoms with Gasteiger partial charge in [-0.25, -0.2) is 14.5 Å². The van der Waals surface area contributed by atoms with Crippen LogP contribution in [0, 0.1) is 16.7 Å². The third-order valence-corrected chi connectivity index (χ3v) is 10.0. The lowest BCUT2D eigenvalue weighted by atomic mass is 9.74. The maximum absolute atomic E-state index is 9.79. The van der Waals surface area contributed by atoms with E-state index in [1.807, 2.05) is 30.7 Å². The SMILES string of the molecule is COc1ccc(CN2C3CC2CN(c2cnc(-c4cc(OCCN5CC6(CCCNC6)C5)cn5ncc(C#N)c45)cn2)C3)cn1. The number of rotatable bonds is 9. The number of hydrogen-bond acceptors (Lipinski definition) is 11. The van der Waals surface area contributed by atoms with Crippen molar-refractivity contribution in [1.29, 1.82) is 5.26 Å². The molecule has 1 N–H and O–H groups in total. The number of anilines is 1. The number of methoxy groups -OCH3 is 1. The lowest BCUT2D eigenvalue weighted by Gasteiger charge is -2.56. The Morgan fingerprint density at radius 1 is 1.09 bits per heavy atom. The van der Waals surface area contributed by atoms with Gasteiger partial charge >= 0.3 is 0 Å². The van der Waals surface area contributed by atoms with Gasteiger partial charge in [0.1, 0.15) is 24.2 Å². The van der Waals surface area contributed by atoms with Crippen molar-refractivity contribution in [1.82, 2.24) is 39.7 Å². The van der Waals surface area contributed by atoms with E-state index in [2.05, 4.69) is 42.2 Å². The van der Waals surface area contributed by atoms with E-state index in [9.17, 15) is 5.26 Å². The number of fused-ring (bicyclic) bond motifs is 3. The number of nitrogens with zero attached hydrogens (tertiary/aromatic N) is 9. The molecule has 2 unspecified atom stereocenters. The predicted octanol–water partition coefficient (Wildman–Crippen LogP) is 2.59. The van der Waals surface area contributed by atoms with Crippen LogP contribution < -0.4 is 19.7 Å². The molecular weight excluding hydrogens is 568 g/mol. The standard InChI is InChI=1S/C33H38N10O2/c1-44-31-4-3-23(12-38-31)16-42-25-9-26(42)18-41(17-25)30-15-36-29(14-37-30)28-10-27(19-43-32(28)24(11-34)13-39-43)45-8-7-40-21-33(22-40)5-2-6-35-20-33/h3-4,10,12-15,19,25-26,35H,2,5-9,16-18,20-22H2,1H3. The van der Waals surface area contributed by atoms with E-state index in [1.165, 1.54) is 24.8 Å². The van der Waals surface area contributed by atoms with Crippen LogP contribution in [-0.4, -0.2) is 106 Å². The molecule has 45 heavy (non-hydrogen) atoms. The van der Waals surface area contributed by atoms with Gasteiger partial charge in [0.25, 0.3) is 0 Å². The highest BCUT2D eigenvalue weighted by molar-refractivity contribution is 5.83. The number of nitriles is 1. The Labute approximate surface area is 262 Å². The smallest absolute Gasteiger partial charge is 0.212 e. The molecule has 9 rings (SSSR count). The Kier molecular flexibility index (Phi) is 7.24. The monoisotopic (exact) mass is 606 g/mol. The minimum absolute atomic E-state index is 0.459. The molecule has 0 radical (unpaired) electrons. The average Bonchev–Trinajstić information content (AvgIpc) is 3.50. The molecule has 5 fully saturated rings.